The highest BCUT2D eigenvalue weighted by Gasteiger charge is 2.17. The summed E-state index contributed by atoms with van der Waals surface area (Å²) >= 11 is 5.84. The number of amides is 2. The third-order valence-electron chi connectivity index (χ3n) is 3.26. The zero-order chi connectivity index (χ0) is 15.4. The van der Waals surface area contributed by atoms with Crippen LogP contribution in [0.4, 0.5) is 4.79 Å². The van der Waals surface area contributed by atoms with Gasteiger partial charge in [0.2, 0.25) is 11.7 Å². The number of urea groups is 1. The zero-order valence-electron chi connectivity index (χ0n) is 11.8. The molecule has 0 unspecified atom stereocenters. The molecule has 0 atom stereocenters. The molecule has 0 bridgehead atoms. The number of aromatic nitrogens is 2. The van der Waals surface area contributed by atoms with E-state index in [0.29, 0.717) is 43.0 Å². The van der Waals surface area contributed by atoms with Crippen molar-refractivity contribution in [2.45, 2.75) is 6.54 Å². The van der Waals surface area contributed by atoms with Crippen molar-refractivity contribution >= 4 is 17.6 Å². The molecule has 3 rings (SSSR count). The monoisotopic (exact) mass is 322 g/mol. The molecule has 1 aliphatic heterocycles. The van der Waals surface area contributed by atoms with Crippen LogP contribution in [0.3, 0.4) is 0 Å². The van der Waals surface area contributed by atoms with Gasteiger partial charge < -0.3 is 19.5 Å². The van der Waals surface area contributed by atoms with Crippen LogP contribution in [0.2, 0.25) is 5.02 Å². The SMILES string of the molecule is O=C(NCc1nc(-c2ccc(Cl)cc2)no1)N1CCOCC1. The first-order valence-electron chi connectivity index (χ1n) is 6.91. The molecular weight excluding hydrogens is 308 g/mol. The van der Waals surface area contributed by atoms with Crippen LogP contribution in [0, 0.1) is 0 Å². The van der Waals surface area contributed by atoms with E-state index in [1.54, 1.807) is 17.0 Å². The van der Waals surface area contributed by atoms with Crippen molar-refractivity contribution < 1.29 is 14.1 Å². The summed E-state index contributed by atoms with van der Waals surface area (Å²) in [6.45, 7) is 2.50. The zero-order valence-corrected chi connectivity index (χ0v) is 12.5. The van der Waals surface area contributed by atoms with E-state index in [1.807, 2.05) is 12.1 Å². The number of ether oxygens (including phenoxy) is 1. The van der Waals surface area contributed by atoms with Crippen LogP contribution in [0.15, 0.2) is 28.8 Å². The molecule has 0 spiro atoms. The lowest BCUT2D eigenvalue weighted by atomic mass is 10.2. The molecule has 1 fully saturated rings. The van der Waals surface area contributed by atoms with Gasteiger partial charge in [0.1, 0.15) is 0 Å². The number of rotatable bonds is 3. The van der Waals surface area contributed by atoms with Gasteiger partial charge in [0.15, 0.2) is 0 Å². The molecule has 1 N–H and O–H groups in total. The number of benzene rings is 1. The van der Waals surface area contributed by atoms with E-state index in [-0.39, 0.29) is 12.6 Å². The van der Waals surface area contributed by atoms with Crippen LogP contribution in [-0.4, -0.2) is 47.4 Å². The molecular formula is C14H15ClN4O3. The molecule has 7 nitrogen and oxygen atoms in total. The van der Waals surface area contributed by atoms with Crippen LogP contribution in [0.5, 0.6) is 0 Å². The number of carbonyl (C=O) groups is 1. The molecule has 2 heterocycles. The second kappa shape index (κ2) is 6.76. The van der Waals surface area contributed by atoms with Gasteiger partial charge in [0, 0.05) is 23.7 Å². The Bertz CT molecular complexity index is 638. The molecule has 1 aromatic heterocycles. The van der Waals surface area contributed by atoms with Crippen LogP contribution >= 0.6 is 11.6 Å². The van der Waals surface area contributed by atoms with Gasteiger partial charge in [0.05, 0.1) is 19.8 Å². The van der Waals surface area contributed by atoms with Gasteiger partial charge in [-0.3, -0.25) is 0 Å². The maximum Gasteiger partial charge on any atom is 0.317 e. The normalized spacial score (nSPS) is 14.9. The number of halogens is 1. The summed E-state index contributed by atoms with van der Waals surface area (Å²) in [5.74, 6) is 0.818. The topological polar surface area (TPSA) is 80.5 Å². The van der Waals surface area contributed by atoms with E-state index in [9.17, 15) is 4.79 Å². The van der Waals surface area contributed by atoms with E-state index >= 15 is 0 Å². The van der Waals surface area contributed by atoms with Crippen molar-refractivity contribution in [3.63, 3.8) is 0 Å². The summed E-state index contributed by atoms with van der Waals surface area (Å²) in [6, 6.07) is 6.97. The van der Waals surface area contributed by atoms with Crippen molar-refractivity contribution in [1.29, 1.82) is 0 Å². The average Bonchev–Trinajstić information content (AvgIpc) is 3.03. The van der Waals surface area contributed by atoms with Crippen LogP contribution in [0.25, 0.3) is 11.4 Å². The third-order valence-corrected chi connectivity index (χ3v) is 3.51. The Morgan fingerprint density at radius 3 is 2.73 bits per heavy atom. The fraction of sp³-hybridized carbons (Fsp3) is 0.357. The van der Waals surface area contributed by atoms with Gasteiger partial charge in [0.25, 0.3) is 0 Å². The Balaban J connectivity index is 1.57. The fourth-order valence-electron chi connectivity index (χ4n) is 2.07. The van der Waals surface area contributed by atoms with Gasteiger partial charge in [-0.25, -0.2) is 4.79 Å². The largest absolute Gasteiger partial charge is 0.378 e. The Morgan fingerprint density at radius 1 is 1.27 bits per heavy atom. The maximum atomic E-state index is 11.9. The molecule has 116 valence electrons. The molecule has 8 heteroatoms. The lowest BCUT2D eigenvalue weighted by molar-refractivity contribution is 0.0529. The molecule has 0 radical (unpaired) electrons. The van der Waals surface area contributed by atoms with Gasteiger partial charge in [-0.2, -0.15) is 4.98 Å². The quantitative estimate of drug-likeness (QED) is 0.934. The Labute approximate surface area is 132 Å². The molecule has 0 saturated carbocycles. The van der Waals surface area contributed by atoms with Crippen LogP contribution < -0.4 is 5.32 Å². The number of morpholine rings is 1. The van der Waals surface area contributed by atoms with Crippen LogP contribution in [0.1, 0.15) is 5.89 Å². The van der Waals surface area contributed by atoms with Crippen molar-refractivity contribution in [3.8, 4) is 11.4 Å². The molecule has 1 saturated heterocycles. The predicted molar refractivity (Wildman–Crippen MR) is 79.4 cm³/mol. The van der Waals surface area contributed by atoms with E-state index in [1.165, 1.54) is 0 Å². The summed E-state index contributed by atoms with van der Waals surface area (Å²) < 4.78 is 10.3. The first-order valence-corrected chi connectivity index (χ1v) is 7.29. The summed E-state index contributed by atoms with van der Waals surface area (Å²) in [5.41, 5.74) is 0.805. The van der Waals surface area contributed by atoms with Gasteiger partial charge in [-0.15, -0.1) is 0 Å². The minimum absolute atomic E-state index is 0.158. The second-order valence-corrected chi connectivity index (χ2v) is 5.21. The van der Waals surface area contributed by atoms with Crippen molar-refractivity contribution in [3.05, 3.63) is 35.2 Å². The Morgan fingerprint density at radius 2 is 2.00 bits per heavy atom. The summed E-state index contributed by atoms with van der Waals surface area (Å²) in [4.78, 5) is 17.9. The van der Waals surface area contributed by atoms with Crippen molar-refractivity contribution in [2.75, 3.05) is 26.3 Å². The molecule has 22 heavy (non-hydrogen) atoms. The van der Waals surface area contributed by atoms with Gasteiger partial charge >= 0.3 is 6.03 Å². The smallest absolute Gasteiger partial charge is 0.317 e. The maximum absolute atomic E-state index is 11.9. The minimum Gasteiger partial charge on any atom is -0.378 e. The number of carbonyl (C=O) groups excluding carboxylic acids is 1. The van der Waals surface area contributed by atoms with Crippen LogP contribution in [-0.2, 0) is 11.3 Å². The van der Waals surface area contributed by atoms with Gasteiger partial charge in [-0.1, -0.05) is 16.8 Å². The molecule has 1 aliphatic rings. The summed E-state index contributed by atoms with van der Waals surface area (Å²) in [5, 5.41) is 7.29. The number of nitrogens with zero attached hydrogens (tertiary/aromatic N) is 3. The lowest BCUT2D eigenvalue weighted by Gasteiger charge is -2.26. The lowest BCUT2D eigenvalue weighted by Crippen LogP contribution is -2.45. The van der Waals surface area contributed by atoms with E-state index in [2.05, 4.69) is 15.5 Å². The molecule has 0 aliphatic carbocycles. The number of hydrogen-bond donors (Lipinski definition) is 1. The van der Waals surface area contributed by atoms with E-state index < -0.39 is 0 Å². The first-order chi connectivity index (χ1) is 10.7. The summed E-state index contributed by atoms with van der Waals surface area (Å²) in [6.07, 6.45) is 0. The van der Waals surface area contributed by atoms with Gasteiger partial charge in [-0.05, 0) is 24.3 Å². The molecule has 2 aromatic rings. The highest BCUT2D eigenvalue weighted by atomic mass is 35.5. The average molecular weight is 323 g/mol. The Kier molecular flexibility index (Phi) is 4.55. The number of nitrogens with one attached hydrogen (secondary N) is 1. The predicted octanol–water partition coefficient (Wildman–Crippen LogP) is 1.93. The molecule has 2 amide bonds. The highest BCUT2D eigenvalue weighted by Crippen LogP contribution is 2.18. The minimum atomic E-state index is -0.158. The first kappa shape index (κ1) is 14.8. The van der Waals surface area contributed by atoms with E-state index in [0.717, 1.165) is 5.56 Å². The highest BCUT2D eigenvalue weighted by molar-refractivity contribution is 6.30. The van der Waals surface area contributed by atoms with Crippen molar-refractivity contribution in [2.24, 2.45) is 0 Å². The standard InChI is InChI=1S/C14H15ClN4O3/c15-11-3-1-10(2-4-11)13-17-12(22-18-13)9-16-14(20)19-5-7-21-8-6-19/h1-4H,5-9H2,(H,16,20). The van der Waals surface area contributed by atoms with E-state index in [4.69, 9.17) is 20.9 Å². The van der Waals surface area contributed by atoms with Crippen molar-refractivity contribution in [1.82, 2.24) is 20.4 Å². The number of hydrogen-bond acceptors (Lipinski definition) is 5. The second-order valence-electron chi connectivity index (χ2n) is 4.78. The summed E-state index contributed by atoms with van der Waals surface area (Å²) in [7, 11) is 0. The third kappa shape index (κ3) is 3.55. The molecule has 1 aromatic carbocycles. The Hall–Kier alpha value is -2.12. The fourth-order valence-corrected chi connectivity index (χ4v) is 2.20.